The molecule has 1 aliphatic rings. The molecule has 1 fully saturated rings. The van der Waals surface area contributed by atoms with Crippen LogP contribution in [0.4, 0.5) is 0 Å². The van der Waals surface area contributed by atoms with Gasteiger partial charge >= 0.3 is 0 Å². The molecule has 16 heavy (non-hydrogen) atoms. The van der Waals surface area contributed by atoms with Gasteiger partial charge in [0.15, 0.2) is 0 Å². The molecule has 0 saturated carbocycles. The second-order valence-electron chi connectivity index (χ2n) is 4.84. The van der Waals surface area contributed by atoms with Gasteiger partial charge in [0, 0.05) is 29.5 Å². The first-order chi connectivity index (χ1) is 7.70. The van der Waals surface area contributed by atoms with Gasteiger partial charge < -0.3 is 10.6 Å². The van der Waals surface area contributed by atoms with Crippen LogP contribution in [0.3, 0.4) is 0 Å². The van der Waals surface area contributed by atoms with Crippen LogP contribution in [0.15, 0.2) is 6.20 Å². The summed E-state index contributed by atoms with van der Waals surface area (Å²) in [4.78, 5) is 8.32. The third-order valence-electron chi connectivity index (χ3n) is 3.35. The van der Waals surface area contributed by atoms with Crippen molar-refractivity contribution in [1.29, 1.82) is 0 Å². The van der Waals surface area contributed by atoms with Crippen molar-refractivity contribution in [1.82, 2.24) is 9.88 Å². The Morgan fingerprint density at radius 2 is 2.50 bits per heavy atom. The van der Waals surface area contributed by atoms with Crippen LogP contribution in [0.2, 0.25) is 0 Å². The van der Waals surface area contributed by atoms with Crippen LogP contribution in [0.5, 0.6) is 0 Å². The molecule has 3 nitrogen and oxygen atoms in total. The summed E-state index contributed by atoms with van der Waals surface area (Å²) in [6.07, 6.45) is 4.60. The molecule has 0 spiro atoms. The number of hydrogen-bond donors (Lipinski definition) is 1. The van der Waals surface area contributed by atoms with Crippen molar-refractivity contribution in [3.05, 3.63) is 16.1 Å². The average molecular weight is 239 g/mol. The number of nitrogens with two attached hydrogens (primary N) is 1. The van der Waals surface area contributed by atoms with Gasteiger partial charge in [-0.3, -0.25) is 0 Å². The van der Waals surface area contributed by atoms with Crippen LogP contribution in [-0.4, -0.2) is 36.6 Å². The lowest BCUT2D eigenvalue weighted by Crippen LogP contribution is -2.30. The van der Waals surface area contributed by atoms with E-state index in [1.807, 2.05) is 17.5 Å². The number of hydrogen-bond acceptors (Lipinski definition) is 4. The van der Waals surface area contributed by atoms with Crippen LogP contribution < -0.4 is 5.73 Å². The lowest BCUT2D eigenvalue weighted by molar-refractivity contribution is 0.250. The summed E-state index contributed by atoms with van der Waals surface area (Å²) in [6, 6.07) is 0. The molecule has 1 aromatic heterocycles. The van der Waals surface area contributed by atoms with Crippen LogP contribution in [-0.2, 0) is 0 Å². The largest absolute Gasteiger partial charge is 0.330 e. The highest BCUT2D eigenvalue weighted by Crippen LogP contribution is 2.31. The summed E-state index contributed by atoms with van der Waals surface area (Å²) in [6.45, 7) is 5.27. The fourth-order valence-corrected chi connectivity index (χ4v) is 3.31. The van der Waals surface area contributed by atoms with Crippen LogP contribution >= 0.6 is 11.3 Å². The standard InChI is InChI=1S/C12H21N3S/c1-9(6-13)11-7-14-12(16-11)10-4-3-5-15(2)8-10/h7,9-10H,3-6,8,13H2,1-2H3. The van der Waals surface area contributed by atoms with E-state index in [1.54, 1.807) is 0 Å². The molecule has 90 valence electrons. The van der Waals surface area contributed by atoms with E-state index in [0.29, 0.717) is 18.4 Å². The zero-order valence-corrected chi connectivity index (χ0v) is 11.0. The molecule has 2 unspecified atom stereocenters. The van der Waals surface area contributed by atoms with Gasteiger partial charge in [-0.2, -0.15) is 0 Å². The lowest BCUT2D eigenvalue weighted by atomic mass is 9.99. The third kappa shape index (κ3) is 2.62. The molecule has 0 aromatic carbocycles. The Morgan fingerprint density at radius 3 is 3.19 bits per heavy atom. The molecule has 0 radical (unpaired) electrons. The van der Waals surface area contributed by atoms with Gasteiger partial charge in [-0.25, -0.2) is 4.98 Å². The first-order valence-corrected chi connectivity index (χ1v) is 6.86. The molecule has 0 amide bonds. The lowest BCUT2D eigenvalue weighted by Gasteiger charge is -2.28. The molecule has 4 heteroatoms. The molecular formula is C12H21N3S. The molecule has 0 aliphatic carbocycles. The highest BCUT2D eigenvalue weighted by Gasteiger charge is 2.22. The summed E-state index contributed by atoms with van der Waals surface area (Å²) < 4.78 is 0. The Kier molecular flexibility index (Phi) is 3.95. The van der Waals surface area contributed by atoms with E-state index in [-0.39, 0.29) is 0 Å². The maximum atomic E-state index is 5.68. The summed E-state index contributed by atoms with van der Waals surface area (Å²) in [5.74, 6) is 1.09. The SMILES string of the molecule is CC(CN)c1cnc(C2CCCN(C)C2)s1. The maximum Gasteiger partial charge on any atom is 0.0971 e. The van der Waals surface area contributed by atoms with Crippen molar-refractivity contribution in [3.63, 3.8) is 0 Å². The molecule has 1 aromatic rings. The smallest absolute Gasteiger partial charge is 0.0971 e. The van der Waals surface area contributed by atoms with Crippen molar-refractivity contribution in [3.8, 4) is 0 Å². The quantitative estimate of drug-likeness (QED) is 0.877. The molecular weight excluding hydrogens is 218 g/mol. The number of piperidine rings is 1. The Bertz CT molecular complexity index is 337. The molecule has 2 rings (SSSR count). The Labute approximate surface area is 102 Å². The van der Waals surface area contributed by atoms with Gasteiger partial charge in [-0.05, 0) is 33.0 Å². The molecule has 2 atom stereocenters. The Balaban J connectivity index is 2.06. The van der Waals surface area contributed by atoms with Crippen molar-refractivity contribution < 1.29 is 0 Å². The van der Waals surface area contributed by atoms with E-state index in [2.05, 4.69) is 23.9 Å². The van der Waals surface area contributed by atoms with Gasteiger partial charge in [0.2, 0.25) is 0 Å². The number of likely N-dealkylation sites (tertiary alicyclic amines) is 1. The predicted octanol–water partition coefficient (Wildman–Crippen LogP) is 2.01. The molecule has 1 saturated heterocycles. The third-order valence-corrected chi connectivity index (χ3v) is 4.75. The van der Waals surface area contributed by atoms with Crippen LogP contribution in [0, 0.1) is 0 Å². The van der Waals surface area contributed by atoms with Gasteiger partial charge in [0.1, 0.15) is 0 Å². The van der Waals surface area contributed by atoms with E-state index < -0.39 is 0 Å². The van der Waals surface area contributed by atoms with E-state index in [0.717, 1.165) is 6.54 Å². The van der Waals surface area contributed by atoms with E-state index in [4.69, 9.17) is 5.73 Å². The van der Waals surface area contributed by atoms with Gasteiger partial charge in [0.05, 0.1) is 5.01 Å². The Hall–Kier alpha value is -0.450. The highest BCUT2D eigenvalue weighted by atomic mass is 32.1. The molecule has 1 aliphatic heterocycles. The first kappa shape index (κ1) is 12.0. The second kappa shape index (κ2) is 5.25. The van der Waals surface area contributed by atoms with Gasteiger partial charge in [-0.15, -0.1) is 11.3 Å². The van der Waals surface area contributed by atoms with Crippen molar-refractivity contribution >= 4 is 11.3 Å². The monoisotopic (exact) mass is 239 g/mol. The normalized spacial score (nSPS) is 24.6. The minimum absolute atomic E-state index is 0.451. The van der Waals surface area contributed by atoms with Gasteiger partial charge in [0.25, 0.3) is 0 Å². The van der Waals surface area contributed by atoms with Crippen molar-refractivity contribution in [2.24, 2.45) is 5.73 Å². The van der Waals surface area contributed by atoms with E-state index >= 15 is 0 Å². The minimum atomic E-state index is 0.451. The van der Waals surface area contributed by atoms with Crippen LogP contribution in [0.25, 0.3) is 0 Å². The summed E-state index contributed by atoms with van der Waals surface area (Å²) in [5, 5.41) is 1.31. The minimum Gasteiger partial charge on any atom is -0.330 e. The fourth-order valence-electron chi connectivity index (χ4n) is 2.20. The van der Waals surface area contributed by atoms with E-state index in [1.165, 1.54) is 29.3 Å². The summed E-state index contributed by atoms with van der Waals surface area (Å²) >= 11 is 1.86. The highest BCUT2D eigenvalue weighted by molar-refractivity contribution is 7.11. The Morgan fingerprint density at radius 1 is 1.69 bits per heavy atom. The zero-order chi connectivity index (χ0) is 11.5. The summed E-state index contributed by atoms with van der Waals surface area (Å²) in [5.41, 5.74) is 5.68. The molecule has 2 N–H and O–H groups in total. The van der Waals surface area contributed by atoms with Gasteiger partial charge in [-0.1, -0.05) is 6.92 Å². The number of aromatic nitrogens is 1. The number of rotatable bonds is 3. The average Bonchev–Trinajstić information content (AvgIpc) is 2.77. The van der Waals surface area contributed by atoms with Crippen molar-refractivity contribution in [2.45, 2.75) is 31.6 Å². The number of thiazole rings is 1. The maximum absolute atomic E-state index is 5.68. The van der Waals surface area contributed by atoms with Crippen LogP contribution in [0.1, 0.15) is 41.5 Å². The predicted molar refractivity (Wildman–Crippen MR) is 69.1 cm³/mol. The second-order valence-corrected chi connectivity index (χ2v) is 5.93. The first-order valence-electron chi connectivity index (χ1n) is 6.05. The molecule has 2 heterocycles. The topological polar surface area (TPSA) is 42.1 Å². The number of nitrogens with zero attached hydrogens (tertiary/aromatic N) is 2. The van der Waals surface area contributed by atoms with Crippen molar-refractivity contribution in [2.75, 3.05) is 26.7 Å². The summed E-state index contributed by atoms with van der Waals surface area (Å²) in [7, 11) is 2.20. The molecule has 0 bridgehead atoms. The van der Waals surface area contributed by atoms with E-state index in [9.17, 15) is 0 Å². The fraction of sp³-hybridized carbons (Fsp3) is 0.750. The zero-order valence-electron chi connectivity index (χ0n) is 10.1. The number of likely N-dealkylation sites (N-methyl/N-ethyl adjacent to an activating group) is 1.